The fraction of sp³-hybridized carbons (Fsp3) is 0.0769. The first kappa shape index (κ1) is 11.9. The molecule has 1 amide bonds. The van der Waals surface area contributed by atoms with Gasteiger partial charge in [0.1, 0.15) is 11.4 Å². The van der Waals surface area contributed by atoms with E-state index in [-0.39, 0.29) is 17.2 Å². The Hall–Kier alpha value is -2.56. The van der Waals surface area contributed by atoms with E-state index >= 15 is 0 Å². The molecule has 0 fully saturated rings. The first-order chi connectivity index (χ1) is 8.69. The van der Waals surface area contributed by atoms with Gasteiger partial charge < -0.3 is 15.0 Å². The molecule has 0 bridgehead atoms. The van der Waals surface area contributed by atoms with Gasteiger partial charge in [0.2, 0.25) is 5.56 Å². The molecule has 0 aliphatic carbocycles. The van der Waals surface area contributed by atoms with E-state index in [1.165, 1.54) is 12.1 Å². The zero-order chi connectivity index (χ0) is 13.0. The Labute approximate surface area is 103 Å². The molecule has 0 saturated carbocycles. The number of pyridine rings is 1. The van der Waals surface area contributed by atoms with Crippen molar-refractivity contribution >= 4 is 11.6 Å². The Balaban J connectivity index is 2.13. The number of carbonyl (C=O) groups is 1. The van der Waals surface area contributed by atoms with Crippen LogP contribution >= 0.6 is 0 Å². The van der Waals surface area contributed by atoms with Gasteiger partial charge in [0.25, 0.3) is 5.91 Å². The monoisotopic (exact) mass is 244 g/mol. The maximum absolute atomic E-state index is 11.8. The quantitative estimate of drug-likeness (QED) is 0.862. The molecule has 1 aromatic heterocycles. The summed E-state index contributed by atoms with van der Waals surface area (Å²) in [6.45, 7) is 0. The van der Waals surface area contributed by atoms with Crippen LogP contribution in [0.2, 0.25) is 0 Å². The summed E-state index contributed by atoms with van der Waals surface area (Å²) in [6.07, 6.45) is 0. The van der Waals surface area contributed by atoms with Crippen molar-refractivity contribution in [3.05, 3.63) is 58.5 Å². The van der Waals surface area contributed by atoms with Gasteiger partial charge in [-0.1, -0.05) is 6.07 Å². The van der Waals surface area contributed by atoms with Gasteiger partial charge in [-0.3, -0.25) is 9.59 Å². The number of nitrogens with one attached hydrogen (secondary N) is 2. The lowest BCUT2D eigenvalue weighted by atomic mass is 10.3. The number of H-pyrrole nitrogens is 1. The highest BCUT2D eigenvalue weighted by Gasteiger charge is 2.06. The molecule has 2 N–H and O–H groups in total. The average Bonchev–Trinajstić information content (AvgIpc) is 2.39. The van der Waals surface area contributed by atoms with Gasteiger partial charge in [-0.25, -0.2) is 0 Å². The van der Waals surface area contributed by atoms with Gasteiger partial charge in [-0.05, 0) is 30.3 Å². The number of hydrogen-bond donors (Lipinski definition) is 2. The first-order valence-corrected chi connectivity index (χ1v) is 5.34. The van der Waals surface area contributed by atoms with Crippen LogP contribution in [0.15, 0.2) is 47.3 Å². The highest BCUT2D eigenvalue weighted by molar-refractivity contribution is 6.02. The summed E-state index contributed by atoms with van der Waals surface area (Å²) in [4.78, 5) is 25.3. The molecule has 5 nitrogen and oxygen atoms in total. The van der Waals surface area contributed by atoms with Crippen molar-refractivity contribution in [1.29, 1.82) is 0 Å². The molecule has 0 radical (unpaired) electrons. The molecule has 5 heteroatoms. The van der Waals surface area contributed by atoms with Crippen LogP contribution in [0, 0.1) is 0 Å². The van der Waals surface area contributed by atoms with Gasteiger partial charge in [0.15, 0.2) is 0 Å². The van der Waals surface area contributed by atoms with E-state index in [0.29, 0.717) is 11.4 Å². The van der Waals surface area contributed by atoms with E-state index in [4.69, 9.17) is 4.74 Å². The third kappa shape index (κ3) is 2.76. The van der Waals surface area contributed by atoms with Crippen molar-refractivity contribution in [2.75, 3.05) is 12.4 Å². The van der Waals surface area contributed by atoms with E-state index in [0.717, 1.165) is 0 Å². The molecule has 1 heterocycles. The van der Waals surface area contributed by atoms with Crippen LogP contribution in [-0.2, 0) is 0 Å². The number of benzene rings is 1. The molecule has 92 valence electrons. The van der Waals surface area contributed by atoms with E-state index in [1.807, 2.05) is 0 Å². The Kier molecular flexibility index (Phi) is 3.43. The van der Waals surface area contributed by atoms with Gasteiger partial charge in [0, 0.05) is 11.8 Å². The predicted molar refractivity (Wildman–Crippen MR) is 68.0 cm³/mol. The van der Waals surface area contributed by atoms with Crippen molar-refractivity contribution in [2.24, 2.45) is 0 Å². The molecule has 0 aliphatic heterocycles. The Morgan fingerprint density at radius 2 is 1.89 bits per heavy atom. The van der Waals surface area contributed by atoms with E-state index in [1.54, 1.807) is 37.4 Å². The summed E-state index contributed by atoms with van der Waals surface area (Å²) < 4.78 is 5.01. The second kappa shape index (κ2) is 5.18. The maximum Gasteiger partial charge on any atom is 0.272 e. The van der Waals surface area contributed by atoms with Crippen molar-refractivity contribution in [1.82, 2.24) is 4.98 Å². The van der Waals surface area contributed by atoms with E-state index in [2.05, 4.69) is 10.3 Å². The molecule has 0 saturated heterocycles. The normalized spacial score (nSPS) is 9.83. The number of carbonyl (C=O) groups excluding carboxylic acids is 1. The highest BCUT2D eigenvalue weighted by atomic mass is 16.5. The average molecular weight is 244 g/mol. The SMILES string of the molecule is COc1ccc(NC(=O)c2cccc(=O)[nH]2)cc1. The third-order valence-electron chi connectivity index (χ3n) is 2.36. The summed E-state index contributed by atoms with van der Waals surface area (Å²) in [5, 5.41) is 2.67. The minimum Gasteiger partial charge on any atom is -0.497 e. The second-order valence-corrected chi connectivity index (χ2v) is 3.61. The number of rotatable bonds is 3. The van der Waals surface area contributed by atoms with Crippen LogP contribution in [-0.4, -0.2) is 18.0 Å². The number of aromatic amines is 1. The summed E-state index contributed by atoms with van der Waals surface area (Å²) in [7, 11) is 1.57. The Morgan fingerprint density at radius 1 is 1.17 bits per heavy atom. The number of anilines is 1. The largest absolute Gasteiger partial charge is 0.497 e. The standard InChI is InChI=1S/C13H12N2O3/c1-18-10-7-5-9(6-8-10)14-13(17)11-3-2-4-12(16)15-11/h2-8H,1H3,(H,14,17)(H,15,16). The fourth-order valence-corrected chi connectivity index (χ4v) is 1.45. The summed E-state index contributed by atoms with van der Waals surface area (Å²) >= 11 is 0. The number of ether oxygens (including phenoxy) is 1. The summed E-state index contributed by atoms with van der Waals surface area (Å²) in [6, 6.07) is 11.3. The zero-order valence-corrected chi connectivity index (χ0v) is 9.77. The first-order valence-electron chi connectivity index (χ1n) is 5.34. The molecule has 1 aromatic carbocycles. The molecule has 0 aliphatic rings. The molecule has 0 spiro atoms. The molecular weight excluding hydrogens is 232 g/mol. The summed E-state index contributed by atoms with van der Waals surface area (Å²) in [5.74, 6) is 0.346. The van der Waals surface area contributed by atoms with Crippen LogP contribution in [0.25, 0.3) is 0 Å². The van der Waals surface area contributed by atoms with E-state index < -0.39 is 0 Å². The summed E-state index contributed by atoms with van der Waals surface area (Å²) in [5.41, 5.74) is 0.543. The smallest absolute Gasteiger partial charge is 0.272 e. The molecule has 18 heavy (non-hydrogen) atoms. The van der Waals surface area contributed by atoms with Gasteiger partial charge in [-0.15, -0.1) is 0 Å². The van der Waals surface area contributed by atoms with Crippen molar-refractivity contribution in [3.63, 3.8) is 0 Å². The topological polar surface area (TPSA) is 71.2 Å². The lowest BCUT2D eigenvalue weighted by Crippen LogP contribution is -2.17. The second-order valence-electron chi connectivity index (χ2n) is 3.61. The number of aromatic nitrogens is 1. The van der Waals surface area contributed by atoms with Gasteiger partial charge >= 0.3 is 0 Å². The molecule has 0 unspecified atom stereocenters. The lowest BCUT2D eigenvalue weighted by molar-refractivity contribution is 0.102. The van der Waals surface area contributed by atoms with Gasteiger partial charge in [0.05, 0.1) is 7.11 Å². The zero-order valence-electron chi connectivity index (χ0n) is 9.77. The minimum absolute atomic E-state index is 0.221. The Bertz CT molecular complexity index is 602. The van der Waals surface area contributed by atoms with Crippen LogP contribution in [0.3, 0.4) is 0 Å². The fourth-order valence-electron chi connectivity index (χ4n) is 1.45. The highest BCUT2D eigenvalue weighted by Crippen LogP contribution is 2.15. The number of hydrogen-bond acceptors (Lipinski definition) is 3. The predicted octanol–water partition coefficient (Wildman–Crippen LogP) is 1.64. The van der Waals surface area contributed by atoms with Crippen LogP contribution in [0.1, 0.15) is 10.5 Å². The van der Waals surface area contributed by atoms with Crippen LogP contribution in [0.5, 0.6) is 5.75 Å². The van der Waals surface area contributed by atoms with Gasteiger partial charge in [-0.2, -0.15) is 0 Å². The van der Waals surface area contributed by atoms with Crippen molar-refractivity contribution < 1.29 is 9.53 Å². The minimum atomic E-state index is -0.363. The third-order valence-corrected chi connectivity index (χ3v) is 2.36. The van der Waals surface area contributed by atoms with E-state index in [9.17, 15) is 9.59 Å². The van der Waals surface area contributed by atoms with Crippen molar-refractivity contribution in [2.45, 2.75) is 0 Å². The molecule has 2 rings (SSSR count). The van der Waals surface area contributed by atoms with Crippen LogP contribution in [0.4, 0.5) is 5.69 Å². The Morgan fingerprint density at radius 3 is 2.50 bits per heavy atom. The molecule has 0 atom stereocenters. The van der Waals surface area contributed by atoms with Crippen LogP contribution < -0.4 is 15.6 Å². The molecule has 2 aromatic rings. The molecular formula is C13H12N2O3. The lowest BCUT2D eigenvalue weighted by Gasteiger charge is -2.05. The van der Waals surface area contributed by atoms with Crippen molar-refractivity contribution in [3.8, 4) is 5.75 Å². The number of amides is 1. The maximum atomic E-state index is 11.8. The number of methoxy groups -OCH3 is 1.